The summed E-state index contributed by atoms with van der Waals surface area (Å²) in [5.41, 5.74) is 0.743. The molecule has 2 aromatic rings. The standard InChI is InChI=1S/C11H12N4O2/c16-11(17)9-8-12-4-2-10(9)13-5-7-15-6-1-3-14-15/h1-4,6,8H,5,7H2,(H,12,13)(H,16,17). The van der Waals surface area contributed by atoms with Gasteiger partial charge in [0.15, 0.2) is 0 Å². The molecule has 0 saturated carbocycles. The van der Waals surface area contributed by atoms with Crippen LogP contribution >= 0.6 is 0 Å². The molecule has 0 spiro atoms. The lowest BCUT2D eigenvalue weighted by Crippen LogP contribution is -2.13. The van der Waals surface area contributed by atoms with Gasteiger partial charge in [0.2, 0.25) is 0 Å². The summed E-state index contributed by atoms with van der Waals surface area (Å²) in [7, 11) is 0. The first kappa shape index (κ1) is 11.1. The number of nitrogens with one attached hydrogen (secondary N) is 1. The molecule has 6 nitrogen and oxygen atoms in total. The molecule has 2 N–H and O–H groups in total. The Morgan fingerprint density at radius 2 is 2.35 bits per heavy atom. The molecule has 2 aromatic heterocycles. The van der Waals surface area contributed by atoms with Gasteiger partial charge in [0.05, 0.1) is 12.2 Å². The highest BCUT2D eigenvalue weighted by atomic mass is 16.4. The predicted octanol–water partition coefficient (Wildman–Crippen LogP) is 1.09. The van der Waals surface area contributed by atoms with Gasteiger partial charge in [-0.2, -0.15) is 5.10 Å². The molecule has 0 aromatic carbocycles. The smallest absolute Gasteiger partial charge is 0.339 e. The lowest BCUT2D eigenvalue weighted by Gasteiger charge is -2.08. The molecule has 17 heavy (non-hydrogen) atoms. The van der Waals surface area contributed by atoms with Gasteiger partial charge in [-0.1, -0.05) is 0 Å². The Kier molecular flexibility index (Phi) is 3.34. The summed E-state index contributed by atoms with van der Waals surface area (Å²) in [5.74, 6) is -0.986. The monoisotopic (exact) mass is 232 g/mol. The van der Waals surface area contributed by atoms with Crippen molar-refractivity contribution in [2.45, 2.75) is 6.54 Å². The predicted molar refractivity (Wildman–Crippen MR) is 61.9 cm³/mol. The van der Waals surface area contributed by atoms with E-state index in [1.807, 2.05) is 12.3 Å². The fraction of sp³-hybridized carbons (Fsp3) is 0.182. The van der Waals surface area contributed by atoms with E-state index >= 15 is 0 Å². The third-order valence-electron chi connectivity index (χ3n) is 2.27. The average molecular weight is 232 g/mol. The summed E-state index contributed by atoms with van der Waals surface area (Å²) in [5, 5.41) is 16.1. The zero-order valence-electron chi connectivity index (χ0n) is 9.08. The van der Waals surface area contributed by atoms with Gasteiger partial charge in [0, 0.05) is 31.3 Å². The van der Waals surface area contributed by atoms with Crippen LogP contribution in [0.4, 0.5) is 5.69 Å². The van der Waals surface area contributed by atoms with Crippen LogP contribution in [0.5, 0.6) is 0 Å². The minimum atomic E-state index is -0.986. The number of carbonyl (C=O) groups is 1. The Morgan fingerprint density at radius 3 is 3.06 bits per heavy atom. The molecule has 0 radical (unpaired) electrons. The summed E-state index contributed by atoms with van der Waals surface area (Å²) in [6.07, 6.45) is 6.45. The van der Waals surface area contributed by atoms with Crippen LogP contribution in [0.2, 0.25) is 0 Å². The van der Waals surface area contributed by atoms with Crippen LogP contribution in [0.3, 0.4) is 0 Å². The number of anilines is 1. The Balaban J connectivity index is 1.97. The van der Waals surface area contributed by atoms with Crippen LogP contribution in [0.15, 0.2) is 36.9 Å². The second-order valence-corrected chi connectivity index (χ2v) is 3.42. The molecule has 0 aliphatic carbocycles. The van der Waals surface area contributed by atoms with Crippen molar-refractivity contribution in [2.75, 3.05) is 11.9 Å². The fourth-order valence-electron chi connectivity index (χ4n) is 1.46. The van der Waals surface area contributed by atoms with Crippen molar-refractivity contribution in [2.24, 2.45) is 0 Å². The second kappa shape index (κ2) is 5.11. The molecule has 0 fully saturated rings. The quantitative estimate of drug-likeness (QED) is 0.806. The Morgan fingerprint density at radius 1 is 1.47 bits per heavy atom. The van der Waals surface area contributed by atoms with Crippen LogP contribution < -0.4 is 5.32 Å². The lowest BCUT2D eigenvalue weighted by molar-refractivity contribution is 0.0697. The van der Waals surface area contributed by atoms with Gasteiger partial charge in [-0.05, 0) is 12.1 Å². The van der Waals surface area contributed by atoms with Gasteiger partial charge in [-0.15, -0.1) is 0 Å². The fourth-order valence-corrected chi connectivity index (χ4v) is 1.46. The van der Waals surface area contributed by atoms with Gasteiger partial charge in [-0.25, -0.2) is 4.79 Å². The summed E-state index contributed by atoms with van der Waals surface area (Å²) in [6.45, 7) is 1.28. The van der Waals surface area contributed by atoms with E-state index in [0.717, 1.165) is 0 Å². The van der Waals surface area contributed by atoms with E-state index in [9.17, 15) is 4.79 Å². The van der Waals surface area contributed by atoms with Crippen molar-refractivity contribution in [3.05, 3.63) is 42.5 Å². The summed E-state index contributed by atoms with van der Waals surface area (Å²) < 4.78 is 1.77. The topological polar surface area (TPSA) is 80.0 Å². The van der Waals surface area contributed by atoms with E-state index in [4.69, 9.17) is 5.11 Å². The molecule has 0 bridgehead atoms. The van der Waals surface area contributed by atoms with Gasteiger partial charge in [0.25, 0.3) is 0 Å². The normalized spacial score (nSPS) is 10.1. The Hall–Kier alpha value is -2.37. The summed E-state index contributed by atoms with van der Waals surface area (Å²) in [4.78, 5) is 14.7. The first-order chi connectivity index (χ1) is 8.27. The largest absolute Gasteiger partial charge is 0.478 e. The SMILES string of the molecule is O=C(O)c1cnccc1NCCn1cccn1. The molecule has 0 aliphatic heterocycles. The highest BCUT2D eigenvalue weighted by molar-refractivity contribution is 5.93. The van der Waals surface area contributed by atoms with Crippen LogP contribution in [0, 0.1) is 0 Å². The number of hydrogen-bond acceptors (Lipinski definition) is 4. The van der Waals surface area contributed by atoms with E-state index in [-0.39, 0.29) is 5.56 Å². The molecule has 0 saturated heterocycles. The van der Waals surface area contributed by atoms with Crippen LogP contribution in [0.1, 0.15) is 10.4 Å². The van der Waals surface area contributed by atoms with Crippen molar-refractivity contribution in [3.63, 3.8) is 0 Å². The number of nitrogens with zero attached hydrogens (tertiary/aromatic N) is 3. The van der Waals surface area contributed by atoms with Crippen LogP contribution in [-0.2, 0) is 6.54 Å². The molecule has 88 valence electrons. The average Bonchev–Trinajstić information content (AvgIpc) is 2.82. The number of aromatic nitrogens is 3. The van der Waals surface area contributed by atoms with Crippen LogP contribution in [0.25, 0.3) is 0 Å². The van der Waals surface area contributed by atoms with E-state index < -0.39 is 5.97 Å². The van der Waals surface area contributed by atoms with Crippen molar-refractivity contribution >= 4 is 11.7 Å². The Labute approximate surface area is 97.9 Å². The number of carboxylic acid groups (broad SMARTS) is 1. The molecule has 0 aliphatic rings. The van der Waals surface area contributed by atoms with Crippen molar-refractivity contribution in [1.82, 2.24) is 14.8 Å². The molecule has 6 heteroatoms. The van der Waals surface area contributed by atoms with E-state index in [1.165, 1.54) is 6.20 Å². The second-order valence-electron chi connectivity index (χ2n) is 3.42. The molecule has 0 unspecified atom stereocenters. The maximum Gasteiger partial charge on any atom is 0.339 e. The third kappa shape index (κ3) is 2.81. The first-order valence-corrected chi connectivity index (χ1v) is 5.16. The van der Waals surface area contributed by atoms with Crippen molar-refractivity contribution < 1.29 is 9.90 Å². The number of carboxylic acids is 1. The van der Waals surface area contributed by atoms with Crippen molar-refractivity contribution in [1.29, 1.82) is 0 Å². The molecule has 2 heterocycles. The highest BCUT2D eigenvalue weighted by Gasteiger charge is 2.08. The Bertz CT molecular complexity index is 496. The molecule has 0 amide bonds. The summed E-state index contributed by atoms with van der Waals surface area (Å²) >= 11 is 0. The molecule has 0 atom stereocenters. The zero-order chi connectivity index (χ0) is 12.1. The van der Waals surface area contributed by atoms with E-state index in [0.29, 0.717) is 18.8 Å². The van der Waals surface area contributed by atoms with Crippen LogP contribution in [-0.4, -0.2) is 32.4 Å². The molecular formula is C11H12N4O2. The first-order valence-electron chi connectivity index (χ1n) is 5.16. The minimum Gasteiger partial charge on any atom is -0.478 e. The highest BCUT2D eigenvalue weighted by Crippen LogP contribution is 2.12. The number of pyridine rings is 1. The zero-order valence-corrected chi connectivity index (χ0v) is 9.08. The summed E-state index contributed by atoms with van der Waals surface area (Å²) in [6, 6.07) is 3.49. The third-order valence-corrected chi connectivity index (χ3v) is 2.27. The maximum absolute atomic E-state index is 10.9. The van der Waals surface area contributed by atoms with Crippen molar-refractivity contribution in [3.8, 4) is 0 Å². The minimum absolute atomic E-state index is 0.174. The molecular weight excluding hydrogens is 220 g/mol. The van der Waals surface area contributed by atoms with Gasteiger partial charge >= 0.3 is 5.97 Å². The van der Waals surface area contributed by atoms with E-state index in [1.54, 1.807) is 23.1 Å². The van der Waals surface area contributed by atoms with Gasteiger partial charge < -0.3 is 10.4 Å². The maximum atomic E-state index is 10.9. The van der Waals surface area contributed by atoms with Gasteiger partial charge in [0.1, 0.15) is 5.56 Å². The number of rotatable bonds is 5. The lowest BCUT2D eigenvalue weighted by atomic mass is 10.2. The number of aromatic carboxylic acids is 1. The molecule has 2 rings (SSSR count). The number of hydrogen-bond donors (Lipinski definition) is 2. The van der Waals surface area contributed by atoms with Gasteiger partial charge in [-0.3, -0.25) is 9.67 Å². The van der Waals surface area contributed by atoms with E-state index in [2.05, 4.69) is 15.4 Å².